The van der Waals surface area contributed by atoms with Gasteiger partial charge in [0, 0.05) is 53.0 Å². The van der Waals surface area contributed by atoms with E-state index in [9.17, 15) is 10.2 Å². The number of likely N-dealkylation sites (tertiary alicyclic amines) is 1. The van der Waals surface area contributed by atoms with Crippen LogP contribution in [0.15, 0.2) is 55.1 Å². The number of halogens is 1. The zero-order valence-corrected chi connectivity index (χ0v) is 17.0. The van der Waals surface area contributed by atoms with Gasteiger partial charge in [0.1, 0.15) is 5.75 Å². The molecule has 1 aliphatic heterocycles. The average Bonchev–Trinajstić information content (AvgIpc) is 3.02. The van der Waals surface area contributed by atoms with E-state index in [1.807, 2.05) is 42.5 Å². The first kappa shape index (κ1) is 18.7. The minimum Gasteiger partial charge on any atom is -0.508 e. The van der Waals surface area contributed by atoms with Crippen LogP contribution in [0.2, 0.25) is 5.02 Å². The summed E-state index contributed by atoms with van der Waals surface area (Å²) in [6.45, 7) is 6.08. The Kier molecular flexibility index (Phi) is 4.28. The zero-order valence-electron chi connectivity index (χ0n) is 16.3. The van der Waals surface area contributed by atoms with Gasteiger partial charge in [-0.2, -0.15) is 0 Å². The first-order chi connectivity index (χ1) is 13.9. The molecule has 0 saturated carbocycles. The van der Waals surface area contributed by atoms with Crippen LogP contribution in [0, 0.1) is 0 Å². The number of hydrogen-bond donors (Lipinski definition) is 3. The van der Waals surface area contributed by atoms with Gasteiger partial charge in [-0.05, 0) is 54.4 Å². The standard InChI is InChI=1S/C24H25ClN2O2/c1-2-9-27-10-8-23(16-4-3-5-18(28)11-16)14-22-20(13-24(23,29)15-27)19-12-17(25)6-7-21(19)26-22/h2-7,11-12,26,28-29H,1,8-10,13-15H2. The molecule has 0 bridgehead atoms. The Morgan fingerprint density at radius 2 is 2.07 bits per heavy atom. The van der Waals surface area contributed by atoms with E-state index in [2.05, 4.69) is 16.5 Å². The highest BCUT2D eigenvalue weighted by Crippen LogP contribution is 2.51. The Morgan fingerprint density at radius 1 is 1.21 bits per heavy atom. The number of benzene rings is 2. The van der Waals surface area contributed by atoms with Gasteiger partial charge in [0.2, 0.25) is 0 Å². The second-order valence-corrected chi connectivity index (χ2v) is 9.00. The third-order valence-electron chi connectivity index (χ3n) is 6.92. The molecule has 2 heterocycles. The van der Waals surface area contributed by atoms with E-state index in [0.29, 0.717) is 24.4 Å². The number of aromatic amines is 1. The highest BCUT2D eigenvalue weighted by molar-refractivity contribution is 6.31. The van der Waals surface area contributed by atoms with Crippen LogP contribution < -0.4 is 0 Å². The second kappa shape index (κ2) is 6.63. The normalized spacial score (nSPS) is 26.8. The minimum atomic E-state index is -0.952. The van der Waals surface area contributed by atoms with Crippen LogP contribution in [0.3, 0.4) is 0 Å². The predicted molar refractivity (Wildman–Crippen MR) is 117 cm³/mol. The number of phenols is 1. The number of β-amino-alcohol motifs (C(OH)–C–C–N with tert-alkyl or cyclic N) is 1. The van der Waals surface area contributed by atoms with Gasteiger partial charge in [0.15, 0.2) is 0 Å². The van der Waals surface area contributed by atoms with Gasteiger partial charge in [-0.25, -0.2) is 0 Å². The van der Waals surface area contributed by atoms with Crippen molar-refractivity contribution in [1.29, 1.82) is 0 Å². The van der Waals surface area contributed by atoms with E-state index in [4.69, 9.17) is 11.6 Å². The molecule has 0 amide bonds. The molecule has 1 fully saturated rings. The Balaban J connectivity index is 1.70. The summed E-state index contributed by atoms with van der Waals surface area (Å²) in [6.07, 6.45) is 3.96. The summed E-state index contributed by atoms with van der Waals surface area (Å²) in [6, 6.07) is 13.3. The minimum absolute atomic E-state index is 0.238. The maximum Gasteiger partial charge on any atom is 0.115 e. The molecular weight excluding hydrogens is 384 g/mol. The maximum absolute atomic E-state index is 12.2. The van der Waals surface area contributed by atoms with Gasteiger partial charge in [-0.3, -0.25) is 4.90 Å². The number of phenolic OH excluding ortho intramolecular Hbond substituents is 1. The molecule has 1 aliphatic carbocycles. The number of H-pyrrole nitrogens is 1. The molecule has 150 valence electrons. The molecule has 2 atom stereocenters. The fraction of sp³-hybridized carbons (Fsp3) is 0.333. The molecular formula is C24H25ClN2O2. The number of hydrogen-bond acceptors (Lipinski definition) is 3. The lowest BCUT2D eigenvalue weighted by Gasteiger charge is -2.56. The fourth-order valence-electron chi connectivity index (χ4n) is 5.54. The molecule has 0 spiro atoms. The first-order valence-electron chi connectivity index (χ1n) is 10.1. The number of nitrogens with zero attached hydrogens (tertiary/aromatic N) is 1. The highest BCUT2D eigenvalue weighted by atomic mass is 35.5. The summed E-state index contributed by atoms with van der Waals surface area (Å²) in [5.74, 6) is 0.238. The van der Waals surface area contributed by atoms with E-state index in [1.54, 1.807) is 6.07 Å². The van der Waals surface area contributed by atoms with E-state index in [1.165, 1.54) is 0 Å². The lowest BCUT2D eigenvalue weighted by atomic mass is 9.56. The maximum atomic E-state index is 12.2. The summed E-state index contributed by atoms with van der Waals surface area (Å²) < 4.78 is 0. The molecule has 2 aromatic carbocycles. The van der Waals surface area contributed by atoms with Gasteiger partial charge in [-0.15, -0.1) is 6.58 Å². The van der Waals surface area contributed by atoms with E-state index in [-0.39, 0.29) is 5.75 Å². The quantitative estimate of drug-likeness (QED) is 0.569. The Morgan fingerprint density at radius 3 is 2.86 bits per heavy atom. The molecule has 29 heavy (non-hydrogen) atoms. The summed E-state index contributed by atoms with van der Waals surface area (Å²) >= 11 is 6.27. The molecule has 5 heteroatoms. The van der Waals surface area contributed by atoms with Crippen LogP contribution in [-0.2, 0) is 18.3 Å². The Labute approximate surface area is 175 Å². The number of nitrogens with one attached hydrogen (secondary N) is 1. The van der Waals surface area contributed by atoms with Crippen LogP contribution in [0.4, 0.5) is 0 Å². The summed E-state index contributed by atoms with van der Waals surface area (Å²) in [5.41, 5.74) is 2.96. The topological polar surface area (TPSA) is 59.5 Å². The summed E-state index contributed by atoms with van der Waals surface area (Å²) in [4.78, 5) is 5.84. The van der Waals surface area contributed by atoms with Gasteiger partial charge < -0.3 is 15.2 Å². The van der Waals surface area contributed by atoms with Crippen molar-refractivity contribution in [2.45, 2.75) is 30.3 Å². The van der Waals surface area contributed by atoms with Gasteiger partial charge >= 0.3 is 0 Å². The van der Waals surface area contributed by atoms with Gasteiger partial charge in [0.05, 0.1) is 5.60 Å². The van der Waals surface area contributed by atoms with Crippen molar-refractivity contribution >= 4 is 22.5 Å². The molecule has 3 N–H and O–H groups in total. The summed E-state index contributed by atoms with van der Waals surface area (Å²) in [5, 5.41) is 24.1. The van der Waals surface area contributed by atoms with Crippen LogP contribution in [0.1, 0.15) is 23.2 Å². The van der Waals surface area contributed by atoms with Gasteiger partial charge in [0.25, 0.3) is 0 Å². The predicted octanol–water partition coefficient (Wildman–Crippen LogP) is 4.19. The largest absolute Gasteiger partial charge is 0.508 e. The van der Waals surface area contributed by atoms with E-state index in [0.717, 1.165) is 47.2 Å². The molecule has 2 aliphatic rings. The number of aliphatic hydroxyl groups is 1. The lowest BCUT2D eigenvalue weighted by Crippen LogP contribution is -2.66. The van der Waals surface area contributed by atoms with Crippen molar-refractivity contribution in [1.82, 2.24) is 9.88 Å². The van der Waals surface area contributed by atoms with Crippen molar-refractivity contribution in [2.75, 3.05) is 19.6 Å². The van der Waals surface area contributed by atoms with Crippen molar-refractivity contribution in [3.63, 3.8) is 0 Å². The Hall–Kier alpha value is -2.27. The summed E-state index contributed by atoms with van der Waals surface area (Å²) in [7, 11) is 0. The fourth-order valence-corrected chi connectivity index (χ4v) is 5.71. The molecule has 1 saturated heterocycles. The number of aromatic hydroxyl groups is 1. The monoisotopic (exact) mass is 408 g/mol. The van der Waals surface area contributed by atoms with Crippen LogP contribution in [0.25, 0.3) is 10.9 Å². The van der Waals surface area contributed by atoms with Gasteiger partial charge in [-0.1, -0.05) is 29.8 Å². The average molecular weight is 409 g/mol. The Bertz CT molecular complexity index is 1110. The lowest BCUT2D eigenvalue weighted by molar-refractivity contribution is -0.100. The molecule has 0 radical (unpaired) electrons. The van der Waals surface area contributed by atoms with Crippen molar-refractivity contribution in [2.24, 2.45) is 0 Å². The molecule has 3 aromatic rings. The van der Waals surface area contributed by atoms with Crippen LogP contribution in [-0.4, -0.2) is 45.3 Å². The molecule has 4 nitrogen and oxygen atoms in total. The van der Waals surface area contributed by atoms with E-state index < -0.39 is 11.0 Å². The number of piperidine rings is 1. The third-order valence-corrected chi connectivity index (χ3v) is 7.16. The zero-order chi connectivity index (χ0) is 20.2. The molecule has 1 aromatic heterocycles. The van der Waals surface area contributed by atoms with Crippen molar-refractivity contribution in [3.8, 4) is 5.75 Å². The third kappa shape index (κ3) is 2.82. The van der Waals surface area contributed by atoms with Crippen LogP contribution >= 0.6 is 11.6 Å². The highest BCUT2D eigenvalue weighted by Gasteiger charge is 2.57. The van der Waals surface area contributed by atoms with Crippen molar-refractivity contribution < 1.29 is 10.2 Å². The number of aromatic nitrogens is 1. The smallest absolute Gasteiger partial charge is 0.115 e. The van der Waals surface area contributed by atoms with Crippen molar-refractivity contribution in [3.05, 3.63) is 77.0 Å². The number of rotatable bonds is 3. The molecule has 2 unspecified atom stereocenters. The molecule has 5 rings (SSSR count). The first-order valence-corrected chi connectivity index (χ1v) is 10.5. The second-order valence-electron chi connectivity index (χ2n) is 8.56. The van der Waals surface area contributed by atoms with Crippen LogP contribution in [0.5, 0.6) is 5.75 Å². The SMILES string of the molecule is C=CCN1CCC2(c3cccc(O)c3)Cc3[nH]c4ccc(Cl)cc4c3CC2(O)C1. The van der Waals surface area contributed by atoms with E-state index >= 15 is 0 Å². The number of fused-ring (bicyclic) bond motifs is 4.